The molecule has 184 valence electrons. The Hall–Kier alpha value is -4.34. The second-order valence-electron chi connectivity index (χ2n) is 7.96. The maximum Gasteiger partial charge on any atom is 0.326 e. The number of anilines is 2. The normalized spacial score (nSPS) is 11.6. The molecule has 3 rings (SSSR count). The summed E-state index contributed by atoms with van der Waals surface area (Å²) in [7, 11) is 1.59. The summed E-state index contributed by atoms with van der Waals surface area (Å²) in [5.41, 5.74) is 8.78. The molecule has 5 N–H and O–H groups in total. The van der Waals surface area contributed by atoms with E-state index in [0.29, 0.717) is 24.7 Å². The molecule has 0 aliphatic rings. The summed E-state index contributed by atoms with van der Waals surface area (Å²) in [4.78, 5) is 41.0. The third kappa shape index (κ3) is 6.38. The van der Waals surface area contributed by atoms with Crippen LogP contribution in [0.1, 0.15) is 35.7 Å². The van der Waals surface area contributed by atoms with Crippen molar-refractivity contribution in [1.82, 2.24) is 10.3 Å². The summed E-state index contributed by atoms with van der Waals surface area (Å²) in [5, 5.41) is 21.3. The highest BCUT2D eigenvalue weighted by Crippen LogP contribution is 2.28. The number of carboxylic acids is 2. The fourth-order valence-corrected chi connectivity index (χ4v) is 3.73. The molecule has 0 spiro atoms. The molecule has 35 heavy (non-hydrogen) atoms. The van der Waals surface area contributed by atoms with Crippen molar-refractivity contribution in [3.63, 3.8) is 0 Å². The number of carbonyl (C=O) groups excluding carboxylic acids is 1. The van der Waals surface area contributed by atoms with Crippen molar-refractivity contribution in [3.8, 4) is 5.75 Å². The summed E-state index contributed by atoms with van der Waals surface area (Å²) in [5.74, 6) is -1.95. The molecule has 10 nitrogen and oxygen atoms in total. The quantitative estimate of drug-likeness (QED) is 0.324. The van der Waals surface area contributed by atoms with Crippen molar-refractivity contribution in [2.45, 2.75) is 32.4 Å². The predicted octanol–water partition coefficient (Wildman–Crippen LogP) is 2.90. The molecule has 0 radical (unpaired) electrons. The Morgan fingerprint density at radius 2 is 1.83 bits per heavy atom. The van der Waals surface area contributed by atoms with Crippen molar-refractivity contribution in [2.24, 2.45) is 0 Å². The van der Waals surface area contributed by atoms with Crippen molar-refractivity contribution >= 4 is 40.3 Å². The first-order chi connectivity index (χ1) is 16.7. The number of amides is 1. The topological polar surface area (TPSA) is 155 Å². The van der Waals surface area contributed by atoms with Gasteiger partial charge in [-0.1, -0.05) is 6.07 Å². The zero-order valence-electron chi connectivity index (χ0n) is 19.5. The number of aromatic nitrogens is 1. The number of nitrogens with zero attached hydrogens (tertiary/aromatic N) is 2. The smallest absolute Gasteiger partial charge is 0.326 e. The minimum atomic E-state index is -1.28. The van der Waals surface area contributed by atoms with Gasteiger partial charge in [0.25, 0.3) is 5.91 Å². The first-order valence-corrected chi connectivity index (χ1v) is 11.1. The summed E-state index contributed by atoms with van der Waals surface area (Å²) in [6, 6.07) is 13.1. The van der Waals surface area contributed by atoms with E-state index in [4.69, 9.17) is 15.6 Å². The van der Waals surface area contributed by atoms with Crippen LogP contribution in [-0.4, -0.2) is 52.7 Å². The first-order valence-electron chi connectivity index (χ1n) is 11.1. The van der Waals surface area contributed by atoms with E-state index in [0.717, 1.165) is 22.2 Å². The van der Waals surface area contributed by atoms with Crippen LogP contribution >= 0.6 is 0 Å². The summed E-state index contributed by atoms with van der Waals surface area (Å²) < 4.78 is 5.45. The molecule has 0 bridgehead atoms. The Bertz CT molecular complexity index is 1230. The van der Waals surface area contributed by atoms with E-state index >= 15 is 0 Å². The van der Waals surface area contributed by atoms with E-state index in [2.05, 4.69) is 15.2 Å². The van der Waals surface area contributed by atoms with Crippen molar-refractivity contribution in [3.05, 3.63) is 59.7 Å². The van der Waals surface area contributed by atoms with E-state index in [1.165, 1.54) is 0 Å². The maximum atomic E-state index is 12.5. The van der Waals surface area contributed by atoms with Gasteiger partial charge in [0, 0.05) is 42.2 Å². The van der Waals surface area contributed by atoms with Crippen LogP contribution in [-0.2, 0) is 16.1 Å². The van der Waals surface area contributed by atoms with Crippen molar-refractivity contribution < 1.29 is 29.3 Å². The Labute approximate surface area is 202 Å². The zero-order valence-corrected chi connectivity index (χ0v) is 19.5. The third-order valence-electron chi connectivity index (χ3n) is 5.57. The number of pyridine rings is 1. The number of carboxylic acid groups (broad SMARTS) is 2. The van der Waals surface area contributed by atoms with Crippen molar-refractivity contribution in [1.29, 1.82) is 0 Å². The number of aliphatic carboxylic acids is 2. The van der Waals surface area contributed by atoms with Crippen molar-refractivity contribution in [2.75, 3.05) is 24.3 Å². The minimum Gasteiger partial charge on any atom is -0.496 e. The van der Waals surface area contributed by atoms with Gasteiger partial charge >= 0.3 is 11.9 Å². The Morgan fingerprint density at radius 3 is 2.43 bits per heavy atom. The summed E-state index contributed by atoms with van der Waals surface area (Å²) in [6.07, 6.45) is -0.553. The maximum absolute atomic E-state index is 12.5. The van der Waals surface area contributed by atoms with E-state index in [1.807, 2.05) is 25.1 Å². The van der Waals surface area contributed by atoms with Crippen LogP contribution in [0.25, 0.3) is 10.9 Å². The number of hydrogen-bond acceptors (Lipinski definition) is 7. The molecule has 2 aromatic carbocycles. The highest BCUT2D eigenvalue weighted by atomic mass is 16.5. The number of methoxy groups -OCH3 is 1. The molecule has 1 amide bonds. The van der Waals surface area contributed by atoms with Crippen LogP contribution in [0.4, 0.5) is 11.5 Å². The van der Waals surface area contributed by atoms with E-state index < -0.39 is 23.9 Å². The van der Waals surface area contributed by atoms with E-state index in [1.54, 1.807) is 37.4 Å². The molecule has 1 atom stereocenters. The van der Waals surface area contributed by atoms with Gasteiger partial charge < -0.3 is 30.9 Å². The lowest BCUT2D eigenvalue weighted by atomic mass is 10.1. The molecule has 0 fully saturated rings. The van der Waals surface area contributed by atoms with Gasteiger partial charge in [0.15, 0.2) is 0 Å². The SMILES string of the molecule is CCN(Cc1ccc2nc(N)cc(OC)c2c1)c1ccc(C(=O)N[C@@H](CCC(=O)O)C(=O)O)cc1. The molecule has 1 aromatic heterocycles. The fourth-order valence-electron chi connectivity index (χ4n) is 3.73. The fraction of sp³-hybridized carbons (Fsp3) is 0.280. The molecule has 1 heterocycles. The number of hydrogen-bond donors (Lipinski definition) is 4. The van der Waals surface area contributed by atoms with Gasteiger partial charge in [-0.15, -0.1) is 0 Å². The molecule has 0 aliphatic carbocycles. The number of fused-ring (bicyclic) bond motifs is 1. The summed E-state index contributed by atoms with van der Waals surface area (Å²) >= 11 is 0. The predicted molar refractivity (Wildman–Crippen MR) is 132 cm³/mol. The average Bonchev–Trinajstić information content (AvgIpc) is 2.84. The number of benzene rings is 2. The van der Waals surface area contributed by atoms with Gasteiger partial charge in [-0.25, -0.2) is 9.78 Å². The summed E-state index contributed by atoms with van der Waals surface area (Å²) in [6.45, 7) is 3.32. The van der Waals surface area contributed by atoms with Crippen LogP contribution in [0, 0.1) is 0 Å². The monoisotopic (exact) mass is 480 g/mol. The molecule has 3 aromatic rings. The third-order valence-corrected chi connectivity index (χ3v) is 5.57. The number of nitrogen functional groups attached to an aromatic ring is 1. The van der Waals surface area contributed by atoms with Gasteiger partial charge in [0.2, 0.25) is 0 Å². The molecular weight excluding hydrogens is 452 g/mol. The molecule has 0 unspecified atom stereocenters. The molecule has 0 aliphatic heterocycles. The van der Waals surface area contributed by atoms with Gasteiger partial charge in [-0.05, 0) is 55.3 Å². The van der Waals surface area contributed by atoms with Crippen LogP contribution in [0.3, 0.4) is 0 Å². The van der Waals surface area contributed by atoms with E-state index in [9.17, 15) is 19.5 Å². The number of nitrogens with two attached hydrogens (primary N) is 1. The zero-order chi connectivity index (χ0) is 25.5. The van der Waals surface area contributed by atoms with Crippen LogP contribution < -0.4 is 20.7 Å². The van der Waals surface area contributed by atoms with Gasteiger partial charge in [0.1, 0.15) is 17.6 Å². The minimum absolute atomic E-state index is 0.198. The van der Waals surface area contributed by atoms with Gasteiger partial charge in [-0.2, -0.15) is 0 Å². The molecule has 0 saturated carbocycles. The Balaban J connectivity index is 1.74. The lowest BCUT2D eigenvalue weighted by molar-refractivity contribution is -0.140. The van der Waals surface area contributed by atoms with Gasteiger partial charge in [0.05, 0.1) is 12.6 Å². The highest BCUT2D eigenvalue weighted by Gasteiger charge is 2.21. The lowest BCUT2D eigenvalue weighted by Crippen LogP contribution is -2.41. The Morgan fingerprint density at radius 1 is 1.11 bits per heavy atom. The molecule has 0 saturated heterocycles. The average molecular weight is 481 g/mol. The Kier molecular flexibility index (Phi) is 8.08. The van der Waals surface area contributed by atoms with Crippen LogP contribution in [0.2, 0.25) is 0 Å². The second kappa shape index (κ2) is 11.2. The molecule has 10 heteroatoms. The number of rotatable bonds is 11. The van der Waals surface area contributed by atoms with E-state index in [-0.39, 0.29) is 18.4 Å². The molecular formula is C25H28N4O6. The highest BCUT2D eigenvalue weighted by molar-refractivity contribution is 5.97. The standard InChI is InChI=1S/C25H28N4O6/c1-3-29(14-15-4-9-19-18(12-15)21(35-2)13-22(26)27-19)17-7-5-16(6-8-17)24(32)28-20(25(33)34)10-11-23(30)31/h4-9,12-13,20H,3,10-11,14H2,1-2H3,(H2,26,27)(H,28,32)(H,30,31)(H,33,34)/t20-/m0/s1. The van der Waals surface area contributed by atoms with Crippen LogP contribution in [0.5, 0.6) is 5.75 Å². The number of ether oxygens (including phenoxy) is 1. The largest absolute Gasteiger partial charge is 0.496 e. The second-order valence-corrected chi connectivity index (χ2v) is 7.96. The first kappa shape index (κ1) is 25.3. The lowest BCUT2D eigenvalue weighted by Gasteiger charge is -2.24. The van der Waals surface area contributed by atoms with Gasteiger partial charge in [-0.3, -0.25) is 9.59 Å². The number of carbonyl (C=O) groups is 3. The van der Waals surface area contributed by atoms with Crippen LogP contribution in [0.15, 0.2) is 48.5 Å². The number of nitrogens with one attached hydrogen (secondary N) is 1.